The van der Waals surface area contributed by atoms with Crippen molar-refractivity contribution in [3.8, 4) is 0 Å². The van der Waals surface area contributed by atoms with Gasteiger partial charge in [0.05, 0.1) is 25.7 Å². The lowest BCUT2D eigenvalue weighted by molar-refractivity contribution is 0.518. The maximum atomic E-state index is 6.08. The van der Waals surface area contributed by atoms with E-state index in [0.29, 0.717) is 30.1 Å². The number of hydrogen-bond donors (Lipinski definition) is 1. The fraction of sp³-hybridized carbons (Fsp3) is 0.125. The molecule has 0 saturated carbocycles. The third kappa shape index (κ3) is 2.93. The molecule has 0 atom stereocenters. The molecule has 0 radical (unpaired) electrons. The van der Waals surface area contributed by atoms with Crippen LogP contribution in [0.2, 0.25) is 5.28 Å². The predicted molar refractivity (Wildman–Crippen MR) is 89.7 cm³/mol. The minimum Gasteiger partial charge on any atom is -0.467 e. The number of nitrogens with zero attached hydrogens (tertiary/aromatic N) is 5. The molecule has 0 fully saturated rings. The van der Waals surface area contributed by atoms with Crippen LogP contribution in [0.1, 0.15) is 11.3 Å². The van der Waals surface area contributed by atoms with Gasteiger partial charge in [0.2, 0.25) is 5.28 Å². The average Bonchev–Trinajstić information content (AvgIpc) is 3.24. The van der Waals surface area contributed by atoms with Gasteiger partial charge < -0.3 is 14.3 Å². The van der Waals surface area contributed by atoms with E-state index >= 15 is 0 Å². The number of anilines is 1. The fourth-order valence-electron chi connectivity index (χ4n) is 2.43. The van der Waals surface area contributed by atoms with Crippen molar-refractivity contribution in [3.05, 3.63) is 65.9 Å². The Hall–Kier alpha value is -2.93. The molecule has 0 spiro atoms. The maximum Gasteiger partial charge on any atom is 0.226 e. The van der Waals surface area contributed by atoms with Crippen molar-refractivity contribution in [2.24, 2.45) is 0 Å². The quantitative estimate of drug-likeness (QED) is 0.562. The second-order valence-corrected chi connectivity index (χ2v) is 5.52. The minimum absolute atomic E-state index is 0.164. The molecule has 0 aliphatic heterocycles. The van der Waals surface area contributed by atoms with Crippen LogP contribution < -0.4 is 5.32 Å². The second-order valence-electron chi connectivity index (χ2n) is 5.18. The first kappa shape index (κ1) is 14.6. The Morgan fingerprint density at radius 1 is 1.21 bits per heavy atom. The zero-order chi connectivity index (χ0) is 16.4. The van der Waals surface area contributed by atoms with E-state index in [1.165, 1.54) is 0 Å². The summed E-state index contributed by atoms with van der Waals surface area (Å²) in [5, 5.41) is 3.35. The number of hydrogen-bond acceptors (Lipinski definition) is 6. The van der Waals surface area contributed by atoms with Crippen molar-refractivity contribution >= 4 is 28.6 Å². The lowest BCUT2D eigenvalue weighted by Crippen LogP contribution is -2.04. The summed E-state index contributed by atoms with van der Waals surface area (Å²) >= 11 is 6.08. The molecule has 0 amide bonds. The third-order valence-corrected chi connectivity index (χ3v) is 3.69. The molecule has 4 aromatic rings. The van der Waals surface area contributed by atoms with Crippen LogP contribution >= 0.6 is 11.6 Å². The Morgan fingerprint density at radius 2 is 2.17 bits per heavy atom. The summed E-state index contributed by atoms with van der Waals surface area (Å²) in [7, 11) is 0. The van der Waals surface area contributed by atoms with Crippen molar-refractivity contribution < 1.29 is 4.42 Å². The molecule has 0 aliphatic carbocycles. The Balaban J connectivity index is 1.66. The summed E-state index contributed by atoms with van der Waals surface area (Å²) in [5.41, 5.74) is 2.38. The summed E-state index contributed by atoms with van der Waals surface area (Å²) in [6.45, 7) is 1.10. The zero-order valence-electron chi connectivity index (χ0n) is 12.6. The zero-order valence-corrected chi connectivity index (χ0v) is 13.3. The van der Waals surface area contributed by atoms with E-state index in [4.69, 9.17) is 16.0 Å². The number of furan rings is 1. The fourth-order valence-corrected chi connectivity index (χ4v) is 2.59. The van der Waals surface area contributed by atoms with Crippen molar-refractivity contribution in [1.29, 1.82) is 0 Å². The molecule has 24 heavy (non-hydrogen) atoms. The van der Waals surface area contributed by atoms with Gasteiger partial charge in [0.1, 0.15) is 5.76 Å². The second kappa shape index (κ2) is 6.29. The molecular formula is C16H13ClN6O. The van der Waals surface area contributed by atoms with Crippen LogP contribution in [0.5, 0.6) is 0 Å². The monoisotopic (exact) mass is 340 g/mol. The number of fused-ring (bicyclic) bond motifs is 1. The number of halogens is 1. The number of pyridine rings is 1. The SMILES string of the molecule is Clc1nc(NCc2ccco2)c2ncn(Cc3cccnc3)c2n1. The largest absolute Gasteiger partial charge is 0.467 e. The first-order valence-corrected chi connectivity index (χ1v) is 7.71. The summed E-state index contributed by atoms with van der Waals surface area (Å²) in [6, 6.07) is 7.61. The van der Waals surface area contributed by atoms with Gasteiger partial charge in [0.15, 0.2) is 17.0 Å². The van der Waals surface area contributed by atoms with E-state index in [2.05, 4.69) is 25.3 Å². The Morgan fingerprint density at radius 3 is 2.96 bits per heavy atom. The number of rotatable bonds is 5. The van der Waals surface area contributed by atoms with Crippen molar-refractivity contribution in [2.75, 3.05) is 5.32 Å². The summed E-state index contributed by atoms with van der Waals surface area (Å²) in [6.07, 6.45) is 6.90. The Labute approximate surface area is 142 Å². The molecule has 4 heterocycles. The van der Waals surface area contributed by atoms with Crippen molar-refractivity contribution in [1.82, 2.24) is 24.5 Å². The van der Waals surface area contributed by atoms with E-state index in [1.54, 1.807) is 18.8 Å². The van der Waals surface area contributed by atoms with Crippen molar-refractivity contribution in [2.45, 2.75) is 13.1 Å². The average molecular weight is 341 g/mol. The predicted octanol–water partition coefficient (Wildman–Crippen LogP) is 3.13. The van der Waals surface area contributed by atoms with Gasteiger partial charge in [0, 0.05) is 12.4 Å². The van der Waals surface area contributed by atoms with Crippen LogP contribution in [-0.4, -0.2) is 24.5 Å². The molecule has 120 valence electrons. The highest BCUT2D eigenvalue weighted by molar-refractivity contribution is 6.28. The molecular weight excluding hydrogens is 328 g/mol. The van der Waals surface area contributed by atoms with Gasteiger partial charge in [-0.3, -0.25) is 4.98 Å². The molecule has 4 aromatic heterocycles. The van der Waals surface area contributed by atoms with E-state index in [9.17, 15) is 0 Å². The van der Waals surface area contributed by atoms with Gasteiger partial charge in [-0.15, -0.1) is 0 Å². The number of aromatic nitrogens is 5. The lowest BCUT2D eigenvalue weighted by atomic mass is 10.3. The molecule has 1 N–H and O–H groups in total. The molecule has 8 heteroatoms. The van der Waals surface area contributed by atoms with Gasteiger partial charge in [-0.05, 0) is 35.4 Å². The van der Waals surface area contributed by atoms with Gasteiger partial charge in [-0.2, -0.15) is 9.97 Å². The summed E-state index contributed by atoms with van der Waals surface area (Å²) in [4.78, 5) is 17.1. The van der Waals surface area contributed by atoms with Gasteiger partial charge in [-0.25, -0.2) is 4.98 Å². The first-order valence-electron chi connectivity index (χ1n) is 7.33. The smallest absolute Gasteiger partial charge is 0.226 e. The van der Waals surface area contributed by atoms with E-state index in [1.807, 2.05) is 35.0 Å². The molecule has 7 nitrogen and oxygen atoms in total. The number of imidazole rings is 1. The third-order valence-electron chi connectivity index (χ3n) is 3.52. The minimum atomic E-state index is 0.164. The molecule has 0 aromatic carbocycles. The standard InChI is InChI=1S/C16H13ClN6O/c17-16-21-14(19-8-12-4-2-6-24-12)13-15(22-16)23(10-20-13)9-11-3-1-5-18-7-11/h1-7,10H,8-9H2,(H,19,21,22). The summed E-state index contributed by atoms with van der Waals surface area (Å²) < 4.78 is 7.22. The molecule has 0 aliphatic rings. The van der Waals surface area contributed by atoms with Crippen LogP contribution in [-0.2, 0) is 13.1 Å². The first-order chi connectivity index (χ1) is 11.8. The highest BCUT2D eigenvalue weighted by atomic mass is 35.5. The Bertz CT molecular complexity index is 952. The van der Waals surface area contributed by atoms with Crippen LogP contribution in [0.15, 0.2) is 53.7 Å². The van der Waals surface area contributed by atoms with Crippen LogP contribution in [0.4, 0.5) is 5.82 Å². The molecule has 0 unspecified atom stereocenters. The lowest BCUT2D eigenvalue weighted by Gasteiger charge is -2.06. The molecule has 0 bridgehead atoms. The van der Waals surface area contributed by atoms with E-state index in [-0.39, 0.29) is 5.28 Å². The summed E-state index contributed by atoms with van der Waals surface area (Å²) in [5.74, 6) is 1.37. The van der Waals surface area contributed by atoms with Gasteiger partial charge in [-0.1, -0.05) is 6.07 Å². The van der Waals surface area contributed by atoms with E-state index in [0.717, 1.165) is 11.3 Å². The molecule has 0 saturated heterocycles. The van der Waals surface area contributed by atoms with Crippen LogP contribution in [0.3, 0.4) is 0 Å². The van der Waals surface area contributed by atoms with Gasteiger partial charge in [0.25, 0.3) is 0 Å². The van der Waals surface area contributed by atoms with E-state index < -0.39 is 0 Å². The van der Waals surface area contributed by atoms with Crippen molar-refractivity contribution in [3.63, 3.8) is 0 Å². The van der Waals surface area contributed by atoms with Crippen LogP contribution in [0, 0.1) is 0 Å². The highest BCUT2D eigenvalue weighted by Gasteiger charge is 2.13. The topological polar surface area (TPSA) is 81.7 Å². The van der Waals surface area contributed by atoms with Crippen LogP contribution in [0.25, 0.3) is 11.2 Å². The number of nitrogens with one attached hydrogen (secondary N) is 1. The normalized spacial score (nSPS) is 11.0. The highest BCUT2D eigenvalue weighted by Crippen LogP contribution is 2.22. The Kier molecular flexibility index (Phi) is 3.84. The molecule has 4 rings (SSSR count). The maximum absolute atomic E-state index is 6.08. The van der Waals surface area contributed by atoms with Gasteiger partial charge >= 0.3 is 0 Å².